The smallest absolute Gasteiger partial charge is 0.222 e. The Bertz CT molecular complexity index is 2550. The van der Waals surface area contributed by atoms with Crippen molar-refractivity contribution in [3.05, 3.63) is 10.4 Å². The maximum absolute atomic E-state index is 13.2. The van der Waals surface area contributed by atoms with E-state index in [-0.39, 0.29) is 39.4 Å². The van der Waals surface area contributed by atoms with Gasteiger partial charge < -0.3 is 208 Å². The fourth-order valence-electron chi connectivity index (χ4n) is 12.9. The molecule has 0 saturated carbocycles. The maximum Gasteiger partial charge on any atom is 0.222 e. The molecule has 30 aliphatic rings. The van der Waals surface area contributed by atoms with Crippen molar-refractivity contribution in [1.29, 1.82) is 0 Å². The number of aliphatic hydroxyl groups is 23. The van der Waals surface area contributed by atoms with Gasteiger partial charge >= 0.3 is 0 Å². The number of amides is 1. The molecule has 30 saturated heterocycles. The number of ether oxygens (including phenoxy) is 18. The van der Waals surface area contributed by atoms with Crippen LogP contribution in [0.15, 0.2) is 5.11 Å². The van der Waals surface area contributed by atoms with Crippen LogP contribution in [0.1, 0.15) is 6.42 Å². The van der Waals surface area contributed by atoms with Gasteiger partial charge in [-0.15, -0.1) is 0 Å². The van der Waals surface area contributed by atoms with E-state index in [4.69, 9.17) is 90.8 Å². The first-order valence-corrected chi connectivity index (χ1v) is 32.4. The Morgan fingerprint density at radius 3 is 0.703 bits per heavy atom. The van der Waals surface area contributed by atoms with Gasteiger partial charge in [0.05, 0.1) is 72.7 Å². The SMILES string of the molecule is [N-]=[N+]=NCCOCCOCCC(=O)NCC1O[C@@H]2O[C@@H]3C(CO)O[C@@H](O[C@@H]4C(CO)O[C@H](O[C@@H]5C(CO)O[C@H](O[C@@H]6C(CO)O[C@H](O[C@@H]7C(CO)O[C@@H](O[C@@H]8C(CO)O[C@H](O[C@@H]9C(CO)O[C@H](O[C@H]1[C@H](O)C2O)C(O)[C@H]9O)C(O)[C@H]8O)C(O)[C@H]7O)C(O)[C@H]6O)C(O)[C@H]5O)C(O)[C@H]4O)C(O)[C@H]3O. The van der Waals surface area contributed by atoms with Gasteiger partial charge in [0.15, 0.2) is 50.3 Å². The van der Waals surface area contributed by atoms with Gasteiger partial charge in [-0.25, -0.2) is 0 Å². The predicted molar refractivity (Wildman–Crippen MR) is 307 cm³/mol. The number of carbonyl (C=O) groups excluding carboxylic acids is 1. The van der Waals surface area contributed by atoms with Gasteiger partial charge in [0.1, 0.15) is 195 Å². The number of carbonyl (C=O) groups is 1. The molecule has 0 spiro atoms. The number of aliphatic hydroxyl groups excluding tert-OH is 23. The molecule has 0 aliphatic carbocycles. The summed E-state index contributed by atoms with van der Waals surface area (Å²) in [6.45, 7) is -8.44. The van der Waals surface area contributed by atoms with Crippen molar-refractivity contribution < 1.29 is 208 Å². The Labute approximate surface area is 571 Å². The number of nitrogens with zero attached hydrogens (tertiary/aromatic N) is 3. The van der Waals surface area contributed by atoms with Crippen LogP contribution in [-0.4, -0.2) is 455 Å². The molecule has 0 aromatic carbocycles. The molecule has 30 fully saturated rings. The molecule has 30 heterocycles. The second kappa shape index (κ2) is 37.3. The summed E-state index contributed by atoms with van der Waals surface area (Å²) in [5.41, 5.74) is 8.43. The largest absolute Gasteiger partial charge is 0.394 e. The highest BCUT2D eigenvalue weighted by Gasteiger charge is 2.60. The van der Waals surface area contributed by atoms with Crippen molar-refractivity contribution in [3.8, 4) is 0 Å². The summed E-state index contributed by atoms with van der Waals surface area (Å²) < 4.78 is 103. The molecule has 1 amide bonds. The average Bonchev–Trinajstić information content (AvgIpc) is 0.754. The molecule has 24 N–H and O–H groups in total. The number of hydrogen-bond donors (Lipinski definition) is 24. The molecular formula is C55H92N4O42. The van der Waals surface area contributed by atoms with Gasteiger partial charge in [-0.3, -0.25) is 4.79 Å². The highest BCUT2D eigenvalue weighted by Crippen LogP contribution is 2.40. The normalized spacial score (nSPS) is 49.6. The summed E-state index contributed by atoms with van der Waals surface area (Å²) in [6.07, 6.45) is -83.8. The van der Waals surface area contributed by atoms with Gasteiger partial charge in [-0.1, -0.05) is 5.11 Å². The van der Waals surface area contributed by atoms with Crippen molar-refractivity contribution in [3.63, 3.8) is 0 Å². The zero-order valence-electron chi connectivity index (χ0n) is 53.4. The molecule has 16 unspecified atom stereocenters. The summed E-state index contributed by atoms with van der Waals surface area (Å²) in [5, 5.41) is 264. The van der Waals surface area contributed by atoms with Crippen molar-refractivity contribution in [2.75, 3.05) is 85.8 Å². The van der Waals surface area contributed by atoms with Crippen molar-refractivity contribution in [2.24, 2.45) is 5.11 Å². The monoisotopic (exact) mass is 1480 g/mol. The Balaban J connectivity index is 0.978. The van der Waals surface area contributed by atoms with E-state index in [1.807, 2.05) is 0 Å². The molecule has 16 bridgehead atoms. The van der Waals surface area contributed by atoms with Crippen LogP contribution in [0.25, 0.3) is 10.4 Å². The zero-order valence-corrected chi connectivity index (χ0v) is 53.4. The maximum atomic E-state index is 13.2. The van der Waals surface area contributed by atoms with E-state index in [1.165, 1.54) is 0 Å². The van der Waals surface area contributed by atoms with Crippen LogP contribution in [0, 0.1) is 0 Å². The van der Waals surface area contributed by atoms with Crippen LogP contribution >= 0.6 is 0 Å². The Morgan fingerprint density at radius 1 is 0.297 bits per heavy atom. The van der Waals surface area contributed by atoms with Gasteiger partial charge in [0.25, 0.3) is 0 Å². The lowest BCUT2D eigenvalue weighted by Gasteiger charge is -2.50. The molecule has 40 atom stereocenters. The van der Waals surface area contributed by atoms with Crippen molar-refractivity contribution in [2.45, 2.75) is 252 Å². The van der Waals surface area contributed by atoms with E-state index in [0.717, 1.165) is 0 Å². The molecule has 30 aliphatic heterocycles. The summed E-state index contributed by atoms with van der Waals surface area (Å²) >= 11 is 0. The Hall–Kier alpha value is -2.86. The van der Waals surface area contributed by atoms with Crippen LogP contribution in [0.4, 0.5) is 0 Å². The molecule has 46 heteroatoms. The van der Waals surface area contributed by atoms with Crippen LogP contribution in [0.5, 0.6) is 0 Å². The minimum atomic E-state index is -2.32. The molecule has 46 nitrogen and oxygen atoms in total. The molecule has 0 aromatic rings. The summed E-state index contributed by atoms with van der Waals surface area (Å²) in [6, 6.07) is 0. The Kier molecular flexibility index (Phi) is 30.4. The van der Waals surface area contributed by atoms with E-state index in [9.17, 15) is 122 Å². The first kappa shape index (κ1) is 82.2. The number of rotatable bonds is 18. The first-order chi connectivity index (χ1) is 48.3. The molecular weight excluding hydrogens is 1390 g/mol. The summed E-state index contributed by atoms with van der Waals surface area (Å²) in [5.74, 6) is -0.738. The minimum Gasteiger partial charge on any atom is -0.394 e. The molecule has 30 rings (SSSR count). The number of hydrogen-bond acceptors (Lipinski definition) is 43. The highest BCUT2D eigenvalue weighted by molar-refractivity contribution is 5.76. The third kappa shape index (κ3) is 18.3. The first-order valence-electron chi connectivity index (χ1n) is 32.4. The third-order valence-electron chi connectivity index (χ3n) is 18.5. The fraction of sp³-hybridized carbons (Fsp3) is 0.982. The van der Waals surface area contributed by atoms with Crippen LogP contribution in [-0.2, 0) is 90.1 Å². The molecule has 584 valence electrons. The fourth-order valence-corrected chi connectivity index (χ4v) is 12.9. The van der Waals surface area contributed by atoms with E-state index in [2.05, 4.69) is 15.3 Å². The third-order valence-corrected chi connectivity index (χ3v) is 18.5. The second-order valence-corrected chi connectivity index (χ2v) is 25.0. The van der Waals surface area contributed by atoms with Gasteiger partial charge in [0, 0.05) is 24.4 Å². The topological polar surface area (TPSA) is 709 Å². The van der Waals surface area contributed by atoms with Gasteiger partial charge in [-0.05, 0) is 5.53 Å². The summed E-state index contributed by atoms with van der Waals surface area (Å²) in [4.78, 5) is 15.8. The Morgan fingerprint density at radius 2 is 0.495 bits per heavy atom. The average molecular weight is 1480 g/mol. The standard InChI is InChI=1S/C55H92N4O42/c56-59-58-2-4-85-6-5-84-3-1-23(67)57-7-15-40-24(68)32(76)48(86-15)95-41-16(8-60)88-50(34(78)26(41)70)97-43-18(10-62)90-52(36(80)28(43)72)99-45-20(12-64)92-54(38(82)30(45)74)101-47-22(14-66)93-55(39(83)31(47)75)100-46-21(13-65)91-53(37(81)29(46)73)98-44-19(11-63)89-51(35(79)27(44)71)96-42-17(9-61)87-49(94-40)33(77)25(42)69/h15-22,24-55,60-66,68-83H,1-14H2,(H,57,67)/t15?,16?,17?,18?,19?,20?,21?,22?,24-,25-,26-,27-,28-,29-,30-,31-,32?,33?,34?,35?,36?,37?,38?,39?,40-,41-,42-,43-,44-,45-,46-,47-,48-,49-,50+,51-,52-,53+,54-,55-/m1/s1. The lowest BCUT2D eigenvalue weighted by Crippen LogP contribution is -2.69. The quantitative estimate of drug-likeness (QED) is 0.0262. The number of azide groups is 1. The minimum absolute atomic E-state index is 0.00102. The zero-order chi connectivity index (χ0) is 73.4. The van der Waals surface area contributed by atoms with Crippen LogP contribution in [0.3, 0.4) is 0 Å². The number of nitrogens with one attached hydrogen (secondary N) is 1. The van der Waals surface area contributed by atoms with Crippen molar-refractivity contribution in [1.82, 2.24) is 5.32 Å². The second-order valence-electron chi connectivity index (χ2n) is 25.0. The molecule has 0 radical (unpaired) electrons. The summed E-state index contributed by atoms with van der Waals surface area (Å²) in [7, 11) is 0. The molecule has 101 heavy (non-hydrogen) atoms. The van der Waals surface area contributed by atoms with Crippen molar-refractivity contribution >= 4 is 5.91 Å². The van der Waals surface area contributed by atoms with Gasteiger partial charge in [-0.2, -0.15) is 0 Å². The van der Waals surface area contributed by atoms with E-state index >= 15 is 0 Å². The highest BCUT2D eigenvalue weighted by atomic mass is 16.8. The van der Waals surface area contributed by atoms with Gasteiger partial charge in [0.2, 0.25) is 5.91 Å². The predicted octanol–water partition coefficient (Wildman–Crippen LogP) is -16.5. The van der Waals surface area contributed by atoms with Crippen LogP contribution < -0.4 is 5.32 Å². The lowest BCUT2D eigenvalue weighted by atomic mass is 9.94. The molecule has 0 aromatic heterocycles. The van der Waals surface area contributed by atoms with E-state index in [0.29, 0.717) is 0 Å². The lowest BCUT2D eigenvalue weighted by molar-refractivity contribution is -0.403. The van der Waals surface area contributed by atoms with E-state index in [1.54, 1.807) is 0 Å². The van der Waals surface area contributed by atoms with E-state index < -0.39 is 304 Å². The van der Waals surface area contributed by atoms with Crippen LogP contribution in [0.2, 0.25) is 0 Å².